The number of hydrogen-bond donors (Lipinski definition) is 1. The highest BCUT2D eigenvalue weighted by Crippen LogP contribution is 2.21. The highest BCUT2D eigenvalue weighted by molar-refractivity contribution is 5.89. The molecule has 1 aliphatic rings. The third-order valence-corrected chi connectivity index (χ3v) is 4.82. The van der Waals surface area contributed by atoms with Crippen LogP contribution in [0.2, 0.25) is 0 Å². The van der Waals surface area contributed by atoms with Crippen LogP contribution < -0.4 is 5.32 Å². The number of hydrogen-bond acceptors (Lipinski definition) is 4. The van der Waals surface area contributed by atoms with E-state index in [0.29, 0.717) is 18.2 Å². The van der Waals surface area contributed by atoms with Crippen molar-refractivity contribution < 1.29 is 4.79 Å². The molecule has 25 heavy (non-hydrogen) atoms. The minimum Gasteiger partial charge on any atom is -0.324 e. The molecule has 2 aromatic heterocycles. The molecule has 0 unspecified atom stereocenters. The van der Waals surface area contributed by atoms with Crippen molar-refractivity contribution in [1.29, 1.82) is 0 Å². The summed E-state index contributed by atoms with van der Waals surface area (Å²) in [6.07, 6.45) is 6.27. The molecule has 0 saturated carbocycles. The molecule has 0 bridgehead atoms. The summed E-state index contributed by atoms with van der Waals surface area (Å²) in [4.78, 5) is 21.0. The average Bonchev–Trinajstić information content (AvgIpc) is 3.02. The number of rotatable bonds is 4. The first kappa shape index (κ1) is 17.4. The van der Waals surface area contributed by atoms with Gasteiger partial charge in [-0.3, -0.25) is 9.67 Å². The maximum atomic E-state index is 12.6. The van der Waals surface area contributed by atoms with Gasteiger partial charge in [-0.05, 0) is 38.1 Å². The predicted molar refractivity (Wildman–Crippen MR) is 97.4 cm³/mol. The van der Waals surface area contributed by atoms with E-state index in [1.165, 1.54) is 0 Å². The molecular formula is C18H26N6O. The molecule has 0 aliphatic carbocycles. The van der Waals surface area contributed by atoms with Crippen molar-refractivity contribution in [3.8, 4) is 0 Å². The molecule has 7 heteroatoms. The van der Waals surface area contributed by atoms with Crippen molar-refractivity contribution in [2.75, 3.05) is 32.5 Å². The van der Waals surface area contributed by atoms with Gasteiger partial charge < -0.3 is 15.1 Å². The molecule has 2 atom stereocenters. The SMILES string of the molecule is C[C@@H]1CN(C)CC[C@@H]1N(C)C(=O)Nc1cnn(Cc2ccccn2)c1. The Morgan fingerprint density at radius 2 is 2.28 bits per heavy atom. The summed E-state index contributed by atoms with van der Waals surface area (Å²) >= 11 is 0. The quantitative estimate of drug-likeness (QED) is 0.924. The fraction of sp³-hybridized carbons (Fsp3) is 0.500. The van der Waals surface area contributed by atoms with Gasteiger partial charge in [-0.2, -0.15) is 5.10 Å². The first-order chi connectivity index (χ1) is 12.0. The van der Waals surface area contributed by atoms with Crippen molar-refractivity contribution in [2.45, 2.75) is 25.9 Å². The Kier molecular flexibility index (Phi) is 5.33. The van der Waals surface area contributed by atoms with E-state index in [9.17, 15) is 4.79 Å². The summed E-state index contributed by atoms with van der Waals surface area (Å²) in [5.41, 5.74) is 1.63. The number of pyridine rings is 1. The zero-order valence-electron chi connectivity index (χ0n) is 15.1. The van der Waals surface area contributed by atoms with Crippen molar-refractivity contribution in [2.24, 2.45) is 5.92 Å². The minimum absolute atomic E-state index is 0.0845. The lowest BCUT2D eigenvalue weighted by atomic mass is 9.93. The van der Waals surface area contributed by atoms with Crippen LogP contribution in [0.3, 0.4) is 0 Å². The number of anilines is 1. The third kappa shape index (κ3) is 4.36. The molecule has 2 amide bonds. The Balaban J connectivity index is 1.57. The van der Waals surface area contributed by atoms with Crippen LogP contribution in [0, 0.1) is 5.92 Å². The van der Waals surface area contributed by atoms with Crippen LogP contribution >= 0.6 is 0 Å². The molecule has 0 spiro atoms. The Bertz CT molecular complexity index is 701. The number of carbonyl (C=O) groups excluding carboxylic acids is 1. The molecular weight excluding hydrogens is 316 g/mol. The number of nitrogens with one attached hydrogen (secondary N) is 1. The Morgan fingerprint density at radius 1 is 1.44 bits per heavy atom. The Labute approximate surface area is 148 Å². The number of nitrogens with zero attached hydrogens (tertiary/aromatic N) is 5. The van der Waals surface area contributed by atoms with Crippen LogP contribution in [-0.2, 0) is 6.54 Å². The van der Waals surface area contributed by atoms with Gasteiger partial charge in [0.15, 0.2) is 0 Å². The smallest absolute Gasteiger partial charge is 0.321 e. The number of likely N-dealkylation sites (tertiary alicyclic amines) is 1. The molecule has 134 valence electrons. The van der Waals surface area contributed by atoms with Gasteiger partial charge in [0.05, 0.1) is 24.1 Å². The second kappa shape index (κ2) is 7.65. The lowest BCUT2D eigenvalue weighted by Gasteiger charge is -2.39. The van der Waals surface area contributed by atoms with E-state index >= 15 is 0 Å². The zero-order valence-corrected chi connectivity index (χ0v) is 15.1. The van der Waals surface area contributed by atoms with Crippen LogP contribution in [0.4, 0.5) is 10.5 Å². The van der Waals surface area contributed by atoms with Gasteiger partial charge in [-0.1, -0.05) is 13.0 Å². The Hall–Kier alpha value is -2.41. The van der Waals surface area contributed by atoms with Crippen LogP contribution in [0.1, 0.15) is 19.0 Å². The second-order valence-corrected chi connectivity index (χ2v) is 6.88. The summed E-state index contributed by atoms with van der Waals surface area (Å²) in [6, 6.07) is 5.97. The molecule has 7 nitrogen and oxygen atoms in total. The highest BCUT2D eigenvalue weighted by Gasteiger charge is 2.30. The number of piperidine rings is 1. The second-order valence-electron chi connectivity index (χ2n) is 6.88. The van der Waals surface area contributed by atoms with Gasteiger partial charge in [0.25, 0.3) is 0 Å². The number of amides is 2. The summed E-state index contributed by atoms with van der Waals surface area (Å²) in [7, 11) is 4.00. The van der Waals surface area contributed by atoms with Crippen molar-refractivity contribution in [3.05, 3.63) is 42.5 Å². The largest absolute Gasteiger partial charge is 0.324 e. The van der Waals surface area contributed by atoms with E-state index in [1.807, 2.05) is 36.3 Å². The third-order valence-electron chi connectivity index (χ3n) is 4.82. The number of urea groups is 1. The van der Waals surface area contributed by atoms with E-state index in [2.05, 4.69) is 34.3 Å². The van der Waals surface area contributed by atoms with Gasteiger partial charge in [0, 0.05) is 32.0 Å². The Morgan fingerprint density at radius 3 is 3.00 bits per heavy atom. The van der Waals surface area contributed by atoms with Gasteiger partial charge in [0.1, 0.15) is 0 Å². The minimum atomic E-state index is -0.0845. The van der Waals surface area contributed by atoms with Crippen LogP contribution in [0.25, 0.3) is 0 Å². The van der Waals surface area contributed by atoms with Crippen LogP contribution in [0.5, 0.6) is 0 Å². The van der Waals surface area contributed by atoms with Crippen molar-refractivity contribution in [3.63, 3.8) is 0 Å². The van der Waals surface area contributed by atoms with Crippen molar-refractivity contribution in [1.82, 2.24) is 24.6 Å². The topological polar surface area (TPSA) is 66.3 Å². The summed E-state index contributed by atoms with van der Waals surface area (Å²) in [6.45, 7) is 4.83. The molecule has 1 saturated heterocycles. The highest BCUT2D eigenvalue weighted by atomic mass is 16.2. The van der Waals surface area contributed by atoms with Gasteiger partial charge in [0.2, 0.25) is 0 Å². The molecule has 1 N–H and O–H groups in total. The molecule has 3 rings (SSSR count). The molecule has 1 fully saturated rings. The maximum Gasteiger partial charge on any atom is 0.321 e. The van der Waals surface area contributed by atoms with Crippen LogP contribution in [0.15, 0.2) is 36.8 Å². The molecule has 2 aromatic rings. The van der Waals surface area contributed by atoms with E-state index in [-0.39, 0.29) is 12.1 Å². The fourth-order valence-corrected chi connectivity index (χ4v) is 3.45. The van der Waals surface area contributed by atoms with Crippen LogP contribution in [-0.4, -0.2) is 63.8 Å². The van der Waals surface area contributed by atoms with Gasteiger partial charge >= 0.3 is 6.03 Å². The van der Waals surface area contributed by atoms with E-state index < -0.39 is 0 Å². The summed E-state index contributed by atoms with van der Waals surface area (Å²) in [5, 5.41) is 7.24. The molecule has 0 aromatic carbocycles. The zero-order chi connectivity index (χ0) is 17.8. The number of carbonyl (C=O) groups is 1. The summed E-state index contributed by atoms with van der Waals surface area (Å²) in [5.74, 6) is 0.460. The standard InChI is InChI=1S/C18H26N6O/c1-14-11-22(2)9-7-17(14)23(3)18(25)21-16-10-20-24(13-16)12-15-6-4-5-8-19-15/h4-6,8,10,13-14,17H,7,9,11-12H2,1-3H3,(H,21,25)/t14-,17+/m1/s1. The van der Waals surface area contributed by atoms with E-state index in [0.717, 1.165) is 25.2 Å². The molecule has 0 radical (unpaired) electrons. The monoisotopic (exact) mass is 342 g/mol. The van der Waals surface area contributed by atoms with E-state index in [4.69, 9.17) is 0 Å². The lowest BCUT2D eigenvalue weighted by molar-refractivity contribution is 0.113. The van der Waals surface area contributed by atoms with Gasteiger partial charge in [-0.25, -0.2) is 4.79 Å². The summed E-state index contributed by atoms with van der Waals surface area (Å²) < 4.78 is 1.77. The predicted octanol–water partition coefficient (Wildman–Crippen LogP) is 2.13. The van der Waals surface area contributed by atoms with Crippen molar-refractivity contribution >= 4 is 11.7 Å². The van der Waals surface area contributed by atoms with E-state index in [1.54, 1.807) is 17.1 Å². The molecule has 1 aliphatic heterocycles. The normalized spacial score (nSPS) is 21.1. The number of aromatic nitrogens is 3. The maximum absolute atomic E-state index is 12.6. The first-order valence-corrected chi connectivity index (χ1v) is 8.67. The molecule has 3 heterocycles. The lowest BCUT2D eigenvalue weighted by Crippen LogP contribution is -2.50. The fourth-order valence-electron chi connectivity index (χ4n) is 3.45. The average molecular weight is 342 g/mol. The van der Waals surface area contributed by atoms with Gasteiger partial charge in [-0.15, -0.1) is 0 Å². The first-order valence-electron chi connectivity index (χ1n) is 8.67.